The molecule has 0 saturated carbocycles. The lowest BCUT2D eigenvalue weighted by atomic mass is 9.93. The zero-order valence-electron chi connectivity index (χ0n) is 11.5. The molecule has 2 atom stereocenters. The van der Waals surface area contributed by atoms with Crippen molar-refractivity contribution in [1.82, 2.24) is 0 Å². The fourth-order valence-corrected chi connectivity index (χ4v) is 2.98. The van der Waals surface area contributed by atoms with Gasteiger partial charge >= 0.3 is 0 Å². The second kappa shape index (κ2) is 5.02. The maximum Gasteiger partial charge on any atom is 0.142 e. The van der Waals surface area contributed by atoms with Crippen molar-refractivity contribution < 1.29 is 14.3 Å². The van der Waals surface area contributed by atoms with E-state index >= 15 is 0 Å². The summed E-state index contributed by atoms with van der Waals surface area (Å²) in [6, 6.07) is 17.8. The predicted octanol–water partition coefficient (Wildman–Crippen LogP) is 3.78. The molecule has 3 aromatic rings. The summed E-state index contributed by atoms with van der Waals surface area (Å²) in [5.41, 5.74) is 3.08. The zero-order chi connectivity index (χ0) is 14.2. The molecule has 3 nitrogen and oxygen atoms in total. The summed E-state index contributed by atoms with van der Waals surface area (Å²) in [5.74, 6) is 0.554. The highest BCUT2D eigenvalue weighted by Crippen LogP contribution is 2.38. The number of hydrogen-bond acceptors (Lipinski definition) is 3. The Morgan fingerprint density at radius 3 is 2.76 bits per heavy atom. The van der Waals surface area contributed by atoms with Crippen molar-refractivity contribution in [3.05, 3.63) is 71.5 Å². The molecule has 1 aliphatic heterocycles. The van der Waals surface area contributed by atoms with Gasteiger partial charge in [-0.3, -0.25) is 0 Å². The van der Waals surface area contributed by atoms with E-state index in [1.807, 2.05) is 48.5 Å². The molecular weight excluding hydrogens is 264 g/mol. The van der Waals surface area contributed by atoms with Crippen molar-refractivity contribution in [1.29, 1.82) is 0 Å². The Kier molecular flexibility index (Phi) is 3.02. The van der Waals surface area contributed by atoms with Gasteiger partial charge in [-0.05, 0) is 29.7 Å². The summed E-state index contributed by atoms with van der Waals surface area (Å²) in [4.78, 5) is 0. The van der Waals surface area contributed by atoms with Gasteiger partial charge < -0.3 is 14.3 Å². The van der Waals surface area contributed by atoms with Crippen LogP contribution in [-0.4, -0.2) is 11.7 Å². The van der Waals surface area contributed by atoms with Gasteiger partial charge in [0.2, 0.25) is 0 Å². The highest BCUT2D eigenvalue weighted by Gasteiger charge is 2.30. The van der Waals surface area contributed by atoms with Gasteiger partial charge in [0.15, 0.2) is 0 Å². The van der Waals surface area contributed by atoms with Gasteiger partial charge in [-0.2, -0.15) is 0 Å². The first kappa shape index (κ1) is 12.6. The number of benzene rings is 2. The van der Waals surface area contributed by atoms with Crippen LogP contribution < -0.4 is 0 Å². The maximum absolute atomic E-state index is 10.7. The minimum Gasteiger partial charge on any atom is -0.458 e. The highest BCUT2D eigenvalue weighted by atomic mass is 16.5. The lowest BCUT2D eigenvalue weighted by Gasteiger charge is -2.28. The quantitative estimate of drug-likeness (QED) is 0.776. The second-order valence-electron chi connectivity index (χ2n) is 5.37. The Morgan fingerprint density at radius 1 is 1.05 bits per heavy atom. The lowest BCUT2D eigenvalue weighted by Crippen LogP contribution is -2.21. The van der Waals surface area contributed by atoms with Crippen molar-refractivity contribution >= 4 is 11.0 Å². The van der Waals surface area contributed by atoms with Crippen LogP contribution in [0.2, 0.25) is 0 Å². The molecule has 2 heterocycles. The maximum atomic E-state index is 10.7. The number of hydrogen-bond donors (Lipinski definition) is 1. The number of para-hydroxylation sites is 1. The van der Waals surface area contributed by atoms with E-state index in [-0.39, 0.29) is 6.10 Å². The minimum atomic E-state index is -0.793. The topological polar surface area (TPSA) is 42.6 Å². The molecule has 0 saturated heterocycles. The molecule has 1 aromatic heterocycles. The molecule has 1 N–H and O–H groups in total. The van der Waals surface area contributed by atoms with E-state index in [1.165, 1.54) is 5.56 Å². The number of fused-ring (bicyclic) bond motifs is 2. The Morgan fingerprint density at radius 2 is 1.86 bits per heavy atom. The van der Waals surface area contributed by atoms with E-state index in [1.54, 1.807) is 0 Å². The summed E-state index contributed by atoms with van der Waals surface area (Å²) in [6.45, 7) is 0.624. The molecule has 2 unspecified atom stereocenters. The van der Waals surface area contributed by atoms with Crippen molar-refractivity contribution in [3.63, 3.8) is 0 Å². The van der Waals surface area contributed by atoms with E-state index in [0.717, 1.165) is 23.0 Å². The van der Waals surface area contributed by atoms with E-state index in [4.69, 9.17) is 9.15 Å². The Labute approximate surface area is 122 Å². The third-order valence-corrected chi connectivity index (χ3v) is 4.05. The number of aliphatic hydroxyl groups excluding tert-OH is 1. The first-order valence-corrected chi connectivity index (χ1v) is 7.19. The van der Waals surface area contributed by atoms with Crippen molar-refractivity contribution in [2.75, 3.05) is 6.61 Å². The highest BCUT2D eigenvalue weighted by molar-refractivity contribution is 5.77. The van der Waals surface area contributed by atoms with Crippen LogP contribution in [-0.2, 0) is 11.2 Å². The third-order valence-electron chi connectivity index (χ3n) is 4.05. The van der Waals surface area contributed by atoms with Gasteiger partial charge in [-0.15, -0.1) is 0 Å². The molecule has 0 radical (unpaired) electrons. The minimum absolute atomic E-state index is 0.365. The van der Waals surface area contributed by atoms with E-state index in [9.17, 15) is 5.11 Å². The van der Waals surface area contributed by atoms with Crippen LogP contribution in [0, 0.1) is 0 Å². The zero-order valence-corrected chi connectivity index (χ0v) is 11.5. The average Bonchev–Trinajstić information content (AvgIpc) is 2.97. The summed E-state index contributed by atoms with van der Waals surface area (Å²) in [5, 5.41) is 11.7. The average molecular weight is 280 g/mol. The molecule has 3 heteroatoms. The molecule has 0 bridgehead atoms. The van der Waals surface area contributed by atoms with Gasteiger partial charge in [0, 0.05) is 5.39 Å². The molecule has 21 heavy (non-hydrogen) atoms. The summed E-state index contributed by atoms with van der Waals surface area (Å²) < 4.78 is 11.6. The van der Waals surface area contributed by atoms with E-state index in [2.05, 4.69) is 6.07 Å². The van der Waals surface area contributed by atoms with Crippen LogP contribution in [0.25, 0.3) is 11.0 Å². The SMILES string of the molecule is OC(c1cc2ccccc2o1)C1OCCc2ccccc21. The van der Waals surface area contributed by atoms with Gasteiger partial charge in [0.05, 0.1) is 6.61 Å². The lowest BCUT2D eigenvalue weighted by molar-refractivity contribution is -0.0557. The summed E-state index contributed by atoms with van der Waals surface area (Å²) >= 11 is 0. The normalized spacial score (nSPS) is 19.4. The van der Waals surface area contributed by atoms with Crippen molar-refractivity contribution in [3.8, 4) is 0 Å². The number of furan rings is 1. The van der Waals surface area contributed by atoms with Crippen LogP contribution >= 0.6 is 0 Å². The first-order chi connectivity index (χ1) is 10.3. The van der Waals surface area contributed by atoms with Crippen LogP contribution in [0.1, 0.15) is 29.1 Å². The molecule has 4 rings (SSSR count). The molecule has 106 valence electrons. The standard InChI is InChI=1S/C18H16O3/c19-17(16-11-13-6-2-4-8-15(13)21-16)18-14-7-3-1-5-12(14)9-10-20-18/h1-8,11,17-19H,9-10H2. The molecule has 0 aliphatic carbocycles. The number of ether oxygens (including phenoxy) is 1. The number of aliphatic hydroxyl groups is 1. The Hall–Kier alpha value is -2.10. The fourth-order valence-electron chi connectivity index (χ4n) is 2.98. The molecule has 0 amide bonds. The Balaban J connectivity index is 1.73. The fraction of sp³-hybridized carbons (Fsp3) is 0.222. The van der Waals surface area contributed by atoms with Crippen LogP contribution in [0.15, 0.2) is 59.0 Å². The van der Waals surface area contributed by atoms with Gasteiger partial charge in [-0.1, -0.05) is 42.5 Å². The molecule has 0 spiro atoms. The van der Waals surface area contributed by atoms with E-state index in [0.29, 0.717) is 12.4 Å². The van der Waals surface area contributed by atoms with E-state index < -0.39 is 6.10 Å². The van der Waals surface area contributed by atoms with Crippen LogP contribution in [0.5, 0.6) is 0 Å². The summed E-state index contributed by atoms with van der Waals surface area (Å²) in [6.07, 6.45) is -0.270. The monoisotopic (exact) mass is 280 g/mol. The predicted molar refractivity (Wildman–Crippen MR) is 80.0 cm³/mol. The van der Waals surface area contributed by atoms with Crippen molar-refractivity contribution in [2.45, 2.75) is 18.6 Å². The largest absolute Gasteiger partial charge is 0.458 e. The third kappa shape index (κ3) is 2.15. The molecule has 1 aliphatic rings. The number of rotatable bonds is 2. The summed E-state index contributed by atoms with van der Waals surface area (Å²) in [7, 11) is 0. The van der Waals surface area contributed by atoms with Crippen molar-refractivity contribution in [2.24, 2.45) is 0 Å². The first-order valence-electron chi connectivity index (χ1n) is 7.19. The van der Waals surface area contributed by atoms with Gasteiger partial charge in [0.1, 0.15) is 23.6 Å². The van der Waals surface area contributed by atoms with Crippen LogP contribution in [0.4, 0.5) is 0 Å². The Bertz CT molecular complexity index is 742. The molecular formula is C18H16O3. The second-order valence-corrected chi connectivity index (χ2v) is 5.37. The molecule has 0 fully saturated rings. The van der Waals surface area contributed by atoms with Gasteiger partial charge in [-0.25, -0.2) is 0 Å². The van der Waals surface area contributed by atoms with Crippen LogP contribution in [0.3, 0.4) is 0 Å². The smallest absolute Gasteiger partial charge is 0.142 e. The van der Waals surface area contributed by atoms with Gasteiger partial charge in [0.25, 0.3) is 0 Å². The molecule has 2 aromatic carbocycles.